The van der Waals surface area contributed by atoms with Gasteiger partial charge in [0, 0.05) is 4.47 Å². The molecule has 0 aromatic heterocycles. The Morgan fingerprint density at radius 1 is 1.36 bits per heavy atom. The van der Waals surface area contributed by atoms with E-state index >= 15 is 0 Å². The van der Waals surface area contributed by atoms with Gasteiger partial charge in [0.2, 0.25) is 0 Å². The fourth-order valence-electron chi connectivity index (χ4n) is 1.98. The van der Waals surface area contributed by atoms with Crippen LogP contribution in [0, 0.1) is 0 Å². The van der Waals surface area contributed by atoms with Crippen molar-refractivity contribution in [3.63, 3.8) is 0 Å². The number of hydrogen-bond acceptors (Lipinski definition) is 3. The highest BCUT2D eigenvalue weighted by molar-refractivity contribution is 9.10. The van der Waals surface area contributed by atoms with Gasteiger partial charge in [-0.2, -0.15) is 13.2 Å². The first kappa shape index (κ1) is 16.6. The third-order valence-corrected chi connectivity index (χ3v) is 3.53. The number of rotatable bonds is 4. The summed E-state index contributed by atoms with van der Waals surface area (Å²) in [6.07, 6.45) is -0.440. The number of esters is 1. The predicted molar refractivity (Wildman–Crippen MR) is 77.4 cm³/mol. The monoisotopic (exact) mass is 376 g/mol. The number of ether oxygens (including phenoxy) is 2. The molecule has 7 heteroatoms. The molecule has 0 amide bonds. The number of allylic oxidation sites excluding steroid dienone is 2. The molecular weight excluding hydrogens is 365 g/mol. The van der Waals surface area contributed by atoms with Crippen LogP contribution < -0.4 is 4.74 Å². The molecule has 1 aromatic rings. The Morgan fingerprint density at radius 2 is 2.09 bits per heavy atom. The van der Waals surface area contributed by atoms with Gasteiger partial charge in [-0.05, 0) is 29.8 Å². The largest absolute Gasteiger partial charge is 0.481 e. The van der Waals surface area contributed by atoms with Crippen molar-refractivity contribution < 1.29 is 27.4 Å². The highest BCUT2D eigenvalue weighted by Gasteiger charge is 2.35. The van der Waals surface area contributed by atoms with Crippen molar-refractivity contribution in [3.8, 4) is 5.75 Å². The molecule has 1 unspecified atom stereocenters. The second-order valence-electron chi connectivity index (χ2n) is 4.56. The van der Waals surface area contributed by atoms with Crippen molar-refractivity contribution in [2.24, 2.45) is 0 Å². The van der Waals surface area contributed by atoms with Gasteiger partial charge < -0.3 is 9.47 Å². The highest BCUT2D eigenvalue weighted by atomic mass is 79.9. The van der Waals surface area contributed by atoms with Crippen molar-refractivity contribution in [2.45, 2.75) is 18.7 Å². The maximum atomic E-state index is 13.1. The first-order valence-corrected chi connectivity index (χ1v) is 7.08. The summed E-state index contributed by atoms with van der Waals surface area (Å²) in [6, 6.07) is 3.67. The molecule has 0 N–H and O–H groups in total. The lowest BCUT2D eigenvalue weighted by molar-refractivity contribution is -0.141. The highest BCUT2D eigenvalue weighted by Crippen LogP contribution is 2.39. The standard InChI is InChI=1S/C15H12BrF3O3/c1-21-14(20)7-9-3-2-4-12(9)22-13-6-5-10(16)8-11(13)15(17,18)19/h2-6,8,12H,7H2,1H3. The molecule has 1 aromatic carbocycles. The molecule has 0 heterocycles. The van der Waals surface area contributed by atoms with Crippen LogP contribution in [0.1, 0.15) is 12.0 Å². The summed E-state index contributed by atoms with van der Waals surface area (Å²) in [7, 11) is 1.25. The van der Waals surface area contributed by atoms with Gasteiger partial charge >= 0.3 is 12.1 Å². The minimum absolute atomic E-state index is 0.0357. The zero-order chi connectivity index (χ0) is 16.3. The number of halogens is 4. The Hall–Kier alpha value is -1.76. The number of hydrogen-bond donors (Lipinski definition) is 0. The summed E-state index contributed by atoms with van der Waals surface area (Å²) in [4.78, 5) is 11.3. The number of benzene rings is 1. The molecule has 0 saturated carbocycles. The summed E-state index contributed by atoms with van der Waals surface area (Å²) in [5, 5.41) is 0. The van der Waals surface area contributed by atoms with E-state index in [0.29, 0.717) is 10.0 Å². The smallest absolute Gasteiger partial charge is 0.420 e. The summed E-state index contributed by atoms with van der Waals surface area (Å²) in [6.45, 7) is 0. The summed E-state index contributed by atoms with van der Waals surface area (Å²) in [5.74, 6) is -0.765. The molecule has 2 rings (SSSR count). The first-order chi connectivity index (χ1) is 10.3. The second kappa shape index (κ2) is 6.56. The van der Waals surface area contributed by atoms with E-state index in [9.17, 15) is 18.0 Å². The number of carbonyl (C=O) groups excluding carboxylic acids is 1. The molecule has 0 fully saturated rings. The Bertz CT molecular complexity index is 635. The Balaban J connectivity index is 2.22. The zero-order valence-electron chi connectivity index (χ0n) is 11.5. The minimum Gasteiger partial charge on any atom is -0.481 e. The third-order valence-electron chi connectivity index (χ3n) is 3.04. The first-order valence-electron chi connectivity index (χ1n) is 6.28. The van der Waals surface area contributed by atoms with Crippen LogP contribution in [0.15, 0.2) is 46.5 Å². The molecule has 1 atom stereocenters. The Kier molecular flexibility index (Phi) is 4.95. The fourth-order valence-corrected chi connectivity index (χ4v) is 2.34. The quantitative estimate of drug-likeness (QED) is 0.736. The van der Waals surface area contributed by atoms with Crippen molar-refractivity contribution in [1.29, 1.82) is 0 Å². The van der Waals surface area contributed by atoms with Crippen LogP contribution in [0.25, 0.3) is 0 Å². The summed E-state index contributed by atoms with van der Waals surface area (Å²) in [5.41, 5.74) is -0.331. The van der Waals surface area contributed by atoms with Crippen LogP contribution >= 0.6 is 15.9 Å². The summed E-state index contributed by atoms with van der Waals surface area (Å²) >= 11 is 3.01. The molecule has 0 bridgehead atoms. The van der Waals surface area contributed by atoms with Crippen LogP contribution in [0.4, 0.5) is 13.2 Å². The SMILES string of the molecule is COC(=O)CC1=CC=CC1Oc1ccc(Br)cc1C(F)(F)F. The van der Waals surface area contributed by atoms with Gasteiger partial charge in [0.05, 0.1) is 19.1 Å². The molecule has 3 nitrogen and oxygen atoms in total. The van der Waals surface area contributed by atoms with Crippen LogP contribution in [-0.2, 0) is 15.7 Å². The lowest BCUT2D eigenvalue weighted by Gasteiger charge is -2.19. The van der Waals surface area contributed by atoms with Crippen LogP contribution in [-0.4, -0.2) is 19.2 Å². The molecule has 22 heavy (non-hydrogen) atoms. The average molecular weight is 377 g/mol. The lowest BCUT2D eigenvalue weighted by Crippen LogP contribution is -2.19. The van der Waals surface area contributed by atoms with E-state index in [1.807, 2.05) is 0 Å². The molecule has 1 aliphatic rings. The van der Waals surface area contributed by atoms with Crippen molar-refractivity contribution in [2.75, 3.05) is 7.11 Å². The van der Waals surface area contributed by atoms with E-state index in [2.05, 4.69) is 20.7 Å². The van der Waals surface area contributed by atoms with Gasteiger partial charge in [0.1, 0.15) is 11.9 Å². The predicted octanol–water partition coefficient (Wildman–Crippen LogP) is 4.27. The van der Waals surface area contributed by atoms with Crippen molar-refractivity contribution in [1.82, 2.24) is 0 Å². The van der Waals surface area contributed by atoms with Gasteiger partial charge in [-0.25, -0.2) is 0 Å². The average Bonchev–Trinajstić information content (AvgIpc) is 2.86. The Morgan fingerprint density at radius 3 is 2.73 bits per heavy atom. The topological polar surface area (TPSA) is 35.5 Å². The van der Waals surface area contributed by atoms with Gasteiger partial charge in [-0.15, -0.1) is 0 Å². The second-order valence-corrected chi connectivity index (χ2v) is 5.47. The normalized spacial score (nSPS) is 17.3. The van der Waals surface area contributed by atoms with E-state index < -0.39 is 23.8 Å². The van der Waals surface area contributed by atoms with Crippen LogP contribution in [0.5, 0.6) is 5.75 Å². The summed E-state index contributed by atoms with van der Waals surface area (Å²) < 4.78 is 49.5. The number of carbonyl (C=O) groups is 1. The maximum absolute atomic E-state index is 13.1. The molecule has 0 aliphatic heterocycles. The van der Waals surface area contributed by atoms with Crippen molar-refractivity contribution in [3.05, 3.63) is 52.0 Å². The number of methoxy groups -OCH3 is 1. The molecule has 0 saturated heterocycles. The van der Waals surface area contributed by atoms with Gasteiger partial charge in [-0.3, -0.25) is 4.79 Å². The van der Waals surface area contributed by atoms with Crippen LogP contribution in [0.3, 0.4) is 0 Å². The lowest BCUT2D eigenvalue weighted by atomic mass is 10.1. The van der Waals surface area contributed by atoms with E-state index in [1.54, 1.807) is 18.2 Å². The van der Waals surface area contributed by atoms with Crippen LogP contribution in [0.2, 0.25) is 0 Å². The zero-order valence-corrected chi connectivity index (χ0v) is 13.1. The van der Waals surface area contributed by atoms with Crippen molar-refractivity contribution >= 4 is 21.9 Å². The molecule has 0 spiro atoms. The molecule has 118 valence electrons. The number of alkyl halides is 3. The third kappa shape index (κ3) is 3.91. The van der Waals surface area contributed by atoms with Gasteiger partial charge in [0.15, 0.2) is 0 Å². The van der Waals surface area contributed by atoms with Gasteiger partial charge in [0.25, 0.3) is 0 Å². The van der Waals surface area contributed by atoms with E-state index in [4.69, 9.17) is 4.74 Å². The van der Waals surface area contributed by atoms with E-state index in [1.165, 1.54) is 19.2 Å². The molecule has 1 aliphatic carbocycles. The van der Waals surface area contributed by atoms with Gasteiger partial charge in [-0.1, -0.05) is 28.1 Å². The molecular formula is C15H12BrF3O3. The molecule has 0 radical (unpaired) electrons. The van der Waals surface area contributed by atoms with E-state index in [0.717, 1.165) is 6.07 Å². The maximum Gasteiger partial charge on any atom is 0.420 e. The Labute approximate surface area is 133 Å². The fraction of sp³-hybridized carbons (Fsp3) is 0.267. The minimum atomic E-state index is -4.53. The van der Waals surface area contributed by atoms with E-state index in [-0.39, 0.29) is 12.2 Å².